The number of amides is 1. The first-order valence-corrected chi connectivity index (χ1v) is 6.51. The van der Waals surface area contributed by atoms with Crippen molar-refractivity contribution in [3.63, 3.8) is 0 Å². The third kappa shape index (κ3) is 4.14. The molecule has 0 radical (unpaired) electrons. The van der Waals surface area contributed by atoms with Gasteiger partial charge in [-0.1, -0.05) is 12.1 Å². The predicted molar refractivity (Wildman–Crippen MR) is 82.5 cm³/mol. The number of hydrogen-bond donors (Lipinski definition) is 2. The Balaban J connectivity index is 2.13. The third-order valence-corrected chi connectivity index (χ3v) is 2.82. The second-order valence-electron chi connectivity index (χ2n) is 4.58. The highest BCUT2D eigenvalue weighted by Crippen LogP contribution is 2.26. The minimum atomic E-state index is -0.142. The number of rotatable bonds is 5. The Kier molecular flexibility index (Phi) is 4.66. The van der Waals surface area contributed by atoms with Gasteiger partial charge in [-0.25, -0.2) is 0 Å². The molecule has 2 aromatic rings. The summed E-state index contributed by atoms with van der Waals surface area (Å²) in [6.45, 7) is 1.79. The summed E-state index contributed by atoms with van der Waals surface area (Å²) in [5.74, 6) is 1.15. The molecular weight excluding hydrogens is 268 g/mol. The van der Waals surface area contributed by atoms with Crippen LogP contribution in [-0.2, 0) is 11.4 Å². The van der Waals surface area contributed by atoms with E-state index in [-0.39, 0.29) is 5.91 Å². The molecule has 0 unspecified atom stereocenters. The number of hydrogen-bond acceptors (Lipinski definition) is 4. The number of ether oxygens (including phenoxy) is 2. The van der Waals surface area contributed by atoms with Crippen molar-refractivity contribution < 1.29 is 14.3 Å². The summed E-state index contributed by atoms with van der Waals surface area (Å²) in [6.07, 6.45) is 0. The molecule has 0 aliphatic carbocycles. The molecule has 0 heterocycles. The van der Waals surface area contributed by atoms with Crippen LogP contribution in [0.2, 0.25) is 0 Å². The van der Waals surface area contributed by atoms with Gasteiger partial charge in [0.2, 0.25) is 5.91 Å². The van der Waals surface area contributed by atoms with Gasteiger partial charge in [0.1, 0.15) is 18.1 Å². The van der Waals surface area contributed by atoms with Crippen LogP contribution < -0.4 is 20.5 Å². The fourth-order valence-corrected chi connectivity index (χ4v) is 1.93. The molecular formula is C16H18N2O3. The molecule has 0 atom stereocenters. The number of nitrogens with one attached hydrogen (secondary N) is 1. The standard InChI is InChI=1S/C16H18N2O3/c1-11(19)18-15-5-3-4-6-16(15)21-10-12-7-13(17)9-14(8-12)20-2/h3-9H,10,17H2,1-2H3,(H,18,19). The van der Waals surface area contributed by atoms with Gasteiger partial charge in [-0.15, -0.1) is 0 Å². The zero-order valence-corrected chi connectivity index (χ0v) is 12.1. The van der Waals surface area contributed by atoms with Crippen molar-refractivity contribution in [3.05, 3.63) is 48.0 Å². The maximum atomic E-state index is 11.2. The second kappa shape index (κ2) is 6.65. The number of nitrogens with two attached hydrogens (primary N) is 1. The van der Waals surface area contributed by atoms with E-state index in [1.165, 1.54) is 6.92 Å². The maximum absolute atomic E-state index is 11.2. The van der Waals surface area contributed by atoms with Crippen LogP contribution in [0.25, 0.3) is 0 Å². The van der Waals surface area contributed by atoms with E-state index in [0.717, 1.165) is 5.56 Å². The molecule has 0 saturated heterocycles. The van der Waals surface area contributed by atoms with Gasteiger partial charge in [0.25, 0.3) is 0 Å². The van der Waals surface area contributed by atoms with Gasteiger partial charge in [0.15, 0.2) is 0 Å². The Bertz CT molecular complexity index is 641. The summed E-state index contributed by atoms with van der Waals surface area (Å²) in [6, 6.07) is 12.7. The molecule has 0 aliphatic heterocycles. The minimum absolute atomic E-state index is 0.142. The van der Waals surface area contributed by atoms with E-state index in [0.29, 0.717) is 29.5 Å². The second-order valence-corrected chi connectivity index (χ2v) is 4.58. The predicted octanol–water partition coefficient (Wildman–Crippen LogP) is 2.81. The van der Waals surface area contributed by atoms with Crippen LogP contribution in [-0.4, -0.2) is 13.0 Å². The zero-order chi connectivity index (χ0) is 15.2. The minimum Gasteiger partial charge on any atom is -0.497 e. The smallest absolute Gasteiger partial charge is 0.221 e. The van der Waals surface area contributed by atoms with E-state index in [1.807, 2.05) is 24.3 Å². The van der Waals surface area contributed by atoms with Gasteiger partial charge in [-0.3, -0.25) is 4.79 Å². The molecule has 0 aliphatic rings. The molecule has 0 saturated carbocycles. The molecule has 5 nitrogen and oxygen atoms in total. The van der Waals surface area contributed by atoms with Crippen LogP contribution in [0.15, 0.2) is 42.5 Å². The molecule has 0 fully saturated rings. The number of carbonyl (C=O) groups is 1. The maximum Gasteiger partial charge on any atom is 0.221 e. The number of anilines is 2. The Hall–Kier alpha value is -2.69. The summed E-state index contributed by atoms with van der Waals surface area (Å²) >= 11 is 0. The van der Waals surface area contributed by atoms with E-state index in [4.69, 9.17) is 15.2 Å². The van der Waals surface area contributed by atoms with Crippen molar-refractivity contribution in [2.24, 2.45) is 0 Å². The van der Waals surface area contributed by atoms with Crippen molar-refractivity contribution >= 4 is 17.3 Å². The van der Waals surface area contributed by atoms with E-state index in [9.17, 15) is 4.79 Å². The Morgan fingerprint density at radius 1 is 1.24 bits per heavy atom. The lowest BCUT2D eigenvalue weighted by atomic mass is 10.2. The van der Waals surface area contributed by atoms with Crippen LogP contribution in [0.1, 0.15) is 12.5 Å². The van der Waals surface area contributed by atoms with Gasteiger partial charge in [0, 0.05) is 18.7 Å². The summed E-state index contributed by atoms with van der Waals surface area (Å²) in [7, 11) is 1.59. The Morgan fingerprint density at radius 2 is 2.00 bits per heavy atom. The lowest BCUT2D eigenvalue weighted by molar-refractivity contribution is -0.114. The number of benzene rings is 2. The van der Waals surface area contributed by atoms with E-state index in [2.05, 4.69) is 5.32 Å². The first kappa shape index (κ1) is 14.7. The van der Waals surface area contributed by atoms with Gasteiger partial charge < -0.3 is 20.5 Å². The average Bonchev–Trinajstić information content (AvgIpc) is 2.45. The molecule has 21 heavy (non-hydrogen) atoms. The van der Waals surface area contributed by atoms with E-state index < -0.39 is 0 Å². The van der Waals surface area contributed by atoms with Gasteiger partial charge in [-0.05, 0) is 29.8 Å². The Morgan fingerprint density at radius 3 is 2.71 bits per heavy atom. The monoisotopic (exact) mass is 286 g/mol. The van der Waals surface area contributed by atoms with Crippen LogP contribution in [0.3, 0.4) is 0 Å². The molecule has 0 spiro atoms. The summed E-state index contributed by atoms with van der Waals surface area (Å²) in [5, 5.41) is 2.73. The largest absolute Gasteiger partial charge is 0.497 e. The highest BCUT2D eigenvalue weighted by atomic mass is 16.5. The summed E-state index contributed by atoms with van der Waals surface area (Å²) in [5.41, 5.74) is 7.95. The third-order valence-electron chi connectivity index (χ3n) is 2.82. The fraction of sp³-hybridized carbons (Fsp3) is 0.188. The fourth-order valence-electron chi connectivity index (χ4n) is 1.93. The van der Waals surface area contributed by atoms with Crippen LogP contribution >= 0.6 is 0 Å². The SMILES string of the molecule is COc1cc(N)cc(COc2ccccc2NC(C)=O)c1. The highest BCUT2D eigenvalue weighted by molar-refractivity contribution is 5.90. The lowest BCUT2D eigenvalue weighted by Crippen LogP contribution is -2.08. The van der Waals surface area contributed by atoms with Gasteiger partial charge in [-0.2, -0.15) is 0 Å². The molecule has 110 valence electrons. The van der Waals surface area contributed by atoms with Gasteiger partial charge in [0.05, 0.1) is 12.8 Å². The number of carbonyl (C=O) groups excluding carboxylic acids is 1. The van der Waals surface area contributed by atoms with Gasteiger partial charge >= 0.3 is 0 Å². The molecule has 0 bridgehead atoms. The van der Waals surface area contributed by atoms with Crippen molar-refractivity contribution in [2.75, 3.05) is 18.2 Å². The van der Waals surface area contributed by atoms with Crippen LogP contribution in [0, 0.1) is 0 Å². The molecule has 0 aromatic heterocycles. The molecule has 3 N–H and O–H groups in total. The van der Waals surface area contributed by atoms with Crippen LogP contribution in [0.5, 0.6) is 11.5 Å². The first-order valence-electron chi connectivity index (χ1n) is 6.51. The number of methoxy groups -OCH3 is 1. The quantitative estimate of drug-likeness (QED) is 0.829. The molecule has 5 heteroatoms. The summed E-state index contributed by atoms with van der Waals surface area (Å²) in [4.78, 5) is 11.2. The van der Waals surface area contributed by atoms with Crippen molar-refractivity contribution in [1.82, 2.24) is 0 Å². The topological polar surface area (TPSA) is 73.6 Å². The van der Waals surface area contributed by atoms with Crippen LogP contribution in [0.4, 0.5) is 11.4 Å². The normalized spacial score (nSPS) is 10.0. The average molecular weight is 286 g/mol. The zero-order valence-electron chi connectivity index (χ0n) is 12.1. The van der Waals surface area contributed by atoms with E-state index in [1.54, 1.807) is 25.3 Å². The molecule has 1 amide bonds. The Labute approximate surface area is 123 Å². The highest BCUT2D eigenvalue weighted by Gasteiger charge is 2.06. The first-order chi connectivity index (χ1) is 10.1. The van der Waals surface area contributed by atoms with E-state index >= 15 is 0 Å². The van der Waals surface area contributed by atoms with Crippen molar-refractivity contribution in [1.29, 1.82) is 0 Å². The van der Waals surface area contributed by atoms with Crippen molar-refractivity contribution in [3.8, 4) is 11.5 Å². The molecule has 2 aromatic carbocycles. The number of nitrogen functional groups attached to an aromatic ring is 1. The van der Waals surface area contributed by atoms with Crippen molar-refractivity contribution in [2.45, 2.75) is 13.5 Å². The molecule has 2 rings (SSSR count). The summed E-state index contributed by atoms with van der Waals surface area (Å²) < 4.78 is 10.9. The lowest BCUT2D eigenvalue weighted by Gasteiger charge is -2.12. The number of para-hydroxylation sites is 2.